The Balaban J connectivity index is 1.88. The number of aromatic amines is 1. The standard InChI is InChI=1S/C21H26N2O3/c1-4-12-11-23(2)17-9-15-13-7-5-6-8-16(13)22-20(15)18(24)10-14(12)19(17)21(25)26-3/h5-8,12,14,17,19,22H,4,9-11H2,1-3H3/t12-,14+,17-,19?/m0/s1. The average Bonchev–Trinajstić information content (AvgIpc) is 3.01. The Labute approximate surface area is 153 Å². The van der Waals surface area contributed by atoms with Crippen molar-refractivity contribution in [3.05, 3.63) is 35.5 Å². The number of H-pyrrole nitrogens is 1. The van der Waals surface area contributed by atoms with Gasteiger partial charge in [-0.05, 0) is 36.9 Å². The van der Waals surface area contributed by atoms with Crippen LogP contribution in [0.4, 0.5) is 0 Å². The molecule has 2 bridgehead atoms. The minimum Gasteiger partial charge on any atom is -0.469 e. The van der Waals surface area contributed by atoms with E-state index in [1.807, 2.05) is 18.2 Å². The van der Waals surface area contributed by atoms with Gasteiger partial charge < -0.3 is 14.6 Å². The number of methoxy groups -OCH3 is 1. The van der Waals surface area contributed by atoms with Crippen molar-refractivity contribution in [3.63, 3.8) is 0 Å². The number of likely N-dealkylation sites (tertiary alicyclic amines) is 1. The van der Waals surface area contributed by atoms with Gasteiger partial charge in [0.1, 0.15) is 0 Å². The number of piperidine rings is 1. The number of ether oxygens (including phenoxy) is 1. The van der Waals surface area contributed by atoms with Crippen LogP contribution in [0.15, 0.2) is 24.3 Å². The largest absolute Gasteiger partial charge is 0.469 e. The molecule has 1 saturated heterocycles. The Morgan fingerprint density at radius 2 is 2.08 bits per heavy atom. The molecule has 138 valence electrons. The Kier molecular flexibility index (Phi) is 4.35. The number of para-hydroxylation sites is 1. The molecule has 1 aliphatic heterocycles. The molecule has 2 aromatic rings. The summed E-state index contributed by atoms with van der Waals surface area (Å²) in [4.78, 5) is 31.5. The van der Waals surface area contributed by atoms with E-state index in [0.29, 0.717) is 18.8 Å². The summed E-state index contributed by atoms with van der Waals surface area (Å²) in [6.07, 6.45) is 2.05. The van der Waals surface area contributed by atoms with Crippen molar-refractivity contribution in [1.82, 2.24) is 9.88 Å². The summed E-state index contributed by atoms with van der Waals surface area (Å²) in [7, 11) is 3.55. The number of Topliss-reactive ketones (excluding diaryl/α,β-unsaturated/α-hetero) is 1. The summed E-state index contributed by atoms with van der Waals surface area (Å²) in [6.45, 7) is 3.06. The number of nitrogens with zero attached hydrogens (tertiary/aromatic N) is 1. The van der Waals surface area contributed by atoms with Crippen molar-refractivity contribution < 1.29 is 14.3 Å². The summed E-state index contributed by atoms with van der Waals surface area (Å²) in [5.74, 6) is 0.0584. The molecule has 2 heterocycles. The van der Waals surface area contributed by atoms with Crippen LogP contribution in [0, 0.1) is 17.8 Å². The Bertz CT molecular complexity index is 856. The van der Waals surface area contributed by atoms with E-state index >= 15 is 0 Å². The highest BCUT2D eigenvalue weighted by atomic mass is 16.5. The van der Waals surface area contributed by atoms with E-state index in [1.165, 1.54) is 7.11 Å². The molecule has 4 atom stereocenters. The molecule has 4 rings (SSSR count). The number of nitrogens with one attached hydrogen (secondary N) is 1. The zero-order valence-electron chi connectivity index (χ0n) is 15.6. The predicted molar refractivity (Wildman–Crippen MR) is 100 cm³/mol. The van der Waals surface area contributed by atoms with E-state index in [9.17, 15) is 9.59 Å². The number of benzene rings is 1. The SMILES string of the molecule is CC[C@H]1CN(C)[C@H]2Cc3c([nH]c4ccccc34)C(=O)C[C@H]1C2C(=O)OC. The van der Waals surface area contributed by atoms with Crippen LogP contribution >= 0.6 is 0 Å². The topological polar surface area (TPSA) is 62.4 Å². The first kappa shape index (κ1) is 17.3. The van der Waals surface area contributed by atoms with Gasteiger partial charge in [0.25, 0.3) is 0 Å². The van der Waals surface area contributed by atoms with Gasteiger partial charge in [-0.1, -0.05) is 31.5 Å². The number of rotatable bonds is 2. The van der Waals surface area contributed by atoms with E-state index < -0.39 is 0 Å². The first-order valence-electron chi connectivity index (χ1n) is 9.46. The van der Waals surface area contributed by atoms with E-state index in [0.717, 1.165) is 35.1 Å². The van der Waals surface area contributed by atoms with Crippen molar-refractivity contribution >= 4 is 22.7 Å². The summed E-state index contributed by atoms with van der Waals surface area (Å²) < 4.78 is 5.17. The zero-order valence-corrected chi connectivity index (χ0v) is 15.6. The summed E-state index contributed by atoms with van der Waals surface area (Å²) in [6, 6.07) is 8.10. The third kappa shape index (κ3) is 2.57. The number of carbonyl (C=O) groups is 2. The predicted octanol–water partition coefficient (Wildman–Crippen LogP) is 3.04. The fourth-order valence-electron chi connectivity index (χ4n) is 5.15. The molecule has 0 radical (unpaired) electrons. The zero-order chi connectivity index (χ0) is 18.4. The van der Waals surface area contributed by atoms with Crippen molar-refractivity contribution in [3.8, 4) is 0 Å². The van der Waals surface area contributed by atoms with Gasteiger partial charge in [-0.15, -0.1) is 0 Å². The van der Waals surface area contributed by atoms with Gasteiger partial charge in [-0.3, -0.25) is 9.59 Å². The first-order valence-corrected chi connectivity index (χ1v) is 9.46. The molecule has 26 heavy (non-hydrogen) atoms. The van der Waals surface area contributed by atoms with Gasteiger partial charge >= 0.3 is 5.97 Å². The molecular formula is C21H26N2O3. The van der Waals surface area contributed by atoms with Crippen molar-refractivity contribution in [2.24, 2.45) is 17.8 Å². The first-order chi connectivity index (χ1) is 12.5. The molecule has 1 aromatic heterocycles. The maximum atomic E-state index is 13.1. The molecule has 0 saturated carbocycles. The number of hydrogen-bond donors (Lipinski definition) is 1. The normalized spacial score (nSPS) is 29.1. The van der Waals surface area contributed by atoms with E-state index in [2.05, 4.69) is 29.9 Å². The van der Waals surface area contributed by atoms with Crippen LogP contribution in [0.25, 0.3) is 10.9 Å². The molecule has 1 unspecified atom stereocenters. The molecule has 1 aromatic carbocycles. The molecule has 1 N–H and O–H groups in total. The molecule has 1 aliphatic carbocycles. The lowest BCUT2D eigenvalue weighted by Crippen LogP contribution is -2.56. The van der Waals surface area contributed by atoms with Crippen LogP contribution in [-0.4, -0.2) is 48.4 Å². The lowest BCUT2D eigenvalue weighted by molar-refractivity contribution is -0.154. The number of likely N-dealkylation sites (N-methyl/N-ethyl adjacent to an activating group) is 1. The number of aromatic nitrogens is 1. The molecule has 2 aliphatic rings. The third-order valence-corrected chi connectivity index (χ3v) is 6.49. The highest BCUT2D eigenvalue weighted by Gasteiger charge is 2.48. The van der Waals surface area contributed by atoms with Crippen molar-refractivity contribution in [2.75, 3.05) is 20.7 Å². The Morgan fingerprint density at radius 3 is 2.81 bits per heavy atom. The van der Waals surface area contributed by atoms with Crippen LogP contribution in [0.1, 0.15) is 35.8 Å². The van der Waals surface area contributed by atoms with Crippen LogP contribution in [0.3, 0.4) is 0 Å². The second-order valence-electron chi connectivity index (χ2n) is 7.74. The summed E-state index contributed by atoms with van der Waals surface area (Å²) in [5.41, 5.74) is 2.77. The van der Waals surface area contributed by atoms with Crippen molar-refractivity contribution in [2.45, 2.75) is 32.2 Å². The molecule has 5 heteroatoms. The monoisotopic (exact) mass is 354 g/mol. The highest BCUT2D eigenvalue weighted by molar-refractivity contribution is 6.03. The molecule has 0 spiro atoms. The van der Waals surface area contributed by atoms with Crippen LogP contribution in [0.5, 0.6) is 0 Å². The van der Waals surface area contributed by atoms with E-state index in [4.69, 9.17) is 4.74 Å². The molecule has 0 amide bonds. The van der Waals surface area contributed by atoms with Gasteiger partial charge in [0.15, 0.2) is 5.78 Å². The van der Waals surface area contributed by atoms with Crippen LogP contribution < -0.4 is 0 Å². The Hall–Kier alpha value is -2.14. The summed E-state index contributed by atoms with van der Waals surface area (Å²) >= 11 is 0. The average molecular weight is 354 g/mol. The number of ketones is 1. The molecule has 1 fully saturated rings. The van der Waals surface area contributed by atoms with Crippen LogP contribution in [-0.2, 0) is 16.0 Å². The third-order valence-electron chi connectivity index (χ3n) is 6.49. The lowest BCUT2D eigenvalue weighted by Gasteiger charge is -2.47. The fourth-order valence-corrected chi connectivity index (χ4v) is 5.15. The number of fused-ring (bicyclic) bond motifs is 5. The second kappa shape index (κ2) is 6.54. The van der Waals surface area contributed by atoms with Gasteiger partial charge in [-0.2, -0.15) is 0 Å². The second-order valence-corrected chi connectivity index (χ2v) is 7.74. The van der Waals surface area contributed by atoms with E-state index in [-0.39, 0.29) is 29.6 Å². The summed E-state index contributed by atoms with van der Waals surface area (Å²) in [5, 5.41) is 1.09. The maximum Gasteiger partial charge on any atom is 0.310 e. The quantitative estimate of drug-likeness (QED) is 0.842. The van der Waals surface area contributed by atoms with Crippen LogP contribution in [0.2, 0.25) is 0 Å². The number of esters is 1. The minimum atomic E-state index is -0.255. The highest BCUT2D eigenvalue weighted by Crippen LogP contribution is 2.42. The minimum absolute atomic E-state index is 0.0423. The van der Waals surface area contributed by atoms with Gasteiger partial charge in [0.05, 0.1) is 18.7 Å². The smallest absolute Gasteiger partial charge is 0.310 e. The fraction of sp³-hybridized carbons (Fsp3) is 0.524. The van der Waals surface area contributed by atoms with E-state index in [1.54, 1.807) is 0 Å². The Morgan fingerprint density at radius 1 is 1.31 bits per heavy atom. The van der Waals surface area contributed by atoms with Gasteiger partial charge in [0, 0.05) is 29.9 Å². The maximum absolute atomic E-state index is 13.1. The lowest BCUT2D eigenvalue weighted by atomic mass is 9.67. The molecular weight excluding hydrogens is 328 g/mol. The van der Waals surface area contributed by atoms with Crippen molar-refractivity contribution in [1.29, 1.82) is 0 Å². The number of hydrogen-bond acceptors (Lipinski definition) is 4. The van der Waals surface area contributed by atoms with Gasteiger partial charge in [0.2, 0.25) is 0 Å². The number of carbonyl (C=O) groups excluding carboxylic acids is 2. The van der Waals surface area contributed by atoms with Gasteiger partial charge in [-0.25, -0.2) is 0 Å². The molecule has 5 nitrogen and oxygen atoms in total.